The molecule has 2 rings (SSSR count). The number of carbonyl (C=O) groups excluding carboxylic acids is 1. The number of amides is 1. The summed E-state index contributed by atoms with van der Waals surface area (Å²) < 4.78 is 0. The third-order valence-electron chi connectivity index (χ3n) is 3.55. The van der Waals surface area contributed by atoms with E-state index in [4.69, 9.17) is 0 Å². The molecule has 0 bridgehead atoms. The number of likely N-dealkylation sites (tertiary alicyclic amines) is 1. The number of nitrogens with zero attached hydrogens (tertiary/aromatic N) is 1. The predicted octanol–water partition coefficient (Wildman–Crippen LogP) is 1.17. The van der Waals surface area contributed by atoms with Gasteiger partial charge in [-0.25, -0.2) is 0 Å². The molecule has 1 amide bonds. The third-order valence-corrected chi connectivity index (χ3v) is 3.55. The van der Waals surface area contributed by atoms with Gasteiger partial charge in [-0.05, 0) is 51.0 Å². The number of hydrogen-bond donors (Lipinski definition) is 3. The standard InChI is InChI=1S/C14H20N2O3/c1-16-4-2-10(3-5-16)9-15-14(19)11-6-12(17)8-13(18)7-11/h6-8,10,17-18H,2-5,9H2,1H3,(H,15,19). The van der Waals surface area contributed by atoms with E-state index in [0.717, 1.165) is 25.9 Å². The van der Waals surface area contributed by atoms with Crippen LogP contribution in [0.25, 0.3) is 0 Å². The summed E-state index contributed by atoms with van der Waals surface area (Å²) in [6, 6.07) is 3.90. The number of hydrogen-bond acceptors (Lipinski definition) is 4. The van der Waals surface area contributed by atoms with Gasteiger partial charge in [0.2, 0.25) is 0 Å². The molecule has 3 N–H and O–H groups in total. The zero-order chi connectivity index (χ0) is 13.8. The first-order valence-corrected chi connectivity index (χ1v) is 6.54. The molecular weight excluding hydrogens is 244 g/mol. The molecule has 0 aliphatic carbocycles. The molecule has 1 heterocycles. The fourth-order valence-corrected chi connectivity index (χ4v) is 2.33. The lowest BCUT2D eigenvalue weighted by atomic mass is 9.97. The largest absolute Gasteiger partial charge is 0.508 e. The SMILES string of the molecule is CN1CCC(CNC(=O)c2cc(O)cc(O)c2)CC1. The summed E-state index contributed by atoms with van der Waals surface area (Å²) in [7, 11) is 2.10. The van der Waals surface area contributed by atoms with E-state index >= 15 is 0 Å². The molecule has 1 aliphatic heterocycles. The first kappa shape index (κ1) is 13.7. The highest BCUT2D eigenvalue weighted by molar-refractivity contribution is 5.95. The van der Waals surface area contributed by atoms with Crippen LogP contribution >= 0.6 is 0 Å². The van der Waals surface area contributed by atoms with Gasteiger partial charge in [-0.2, -0.15) is 0 Å². The maximum Gasteiger partial charge on any atom is 0.251 e. The Balaban J connectivity index is 1.87. The molecular formula is C14H20N2O3. The van der Waals surface area contributed by atoms with E-state index in [9.17, 15) is 15.0 Å². The molecule has 0 saturated carbocycles. The van der Waals surface area contributed by atoms with Crippen molar-refractivity contribution >= 4 is 5.91 Å². The molecule has 0 spiro atoms. The van der Waals surface area contributed by atoms with E-state index in [1.165, 1.54) is 18.2 Å². The number of rotatable bonds is 3. The Morgan fingerprint density at radius 1 is 1.26 bits per heavy atom. The van der Waals surface area contributed by atoms with E-state index in [0.29, 0.717) is 12.5 Å². The van der Waals surface area contributed by atoms with Gasteiger partial charge >= 0.3 is 0 Å². The number of aromatic hydroxyl groups is 2. The van der Waals surface area contributed by atoms with Crippen LogP contribution in [0, 0.1) is 5.92 Å². The minimum Gasteiger partial charge on any atom is -0.508 e. The quantitative estimate of drug-likeness (QED) is 0.766. The first-order valence-electron chi connectivity index (χ1n) is 6.54. The summed E-state index contributed by atoms with van der Waals surface area (Å²) in [6.07, 6.45) is 2.17. The third kappa shape index (κ3) is 3.86. The maximum atomic E-state index is 11.9. The average Bonchev–Trinajstić information content (AvgIpc) is 2.36. The average molecular weight is 264 g/mol. The highest BCUT2D eigenvalue weighted by Crippen LogP contribution is 2.20. The van der Waals surface area contributed by atoms with Crippen molar-refractivity contribution in [1.29, 1.82) is 0 Å². The Morgan fingerprint density at radius 3 is 2.42 bits per heavy atom. The van der Waals surface area contributed by atoms with Crippen molar-refractivity contribution < 1.29 is 15.0 Å². The smallest absolute Gasteiger partial charge is 0.251 e. The minimum absolute atomic E-state index is 0.107. The second kappa shape index (κ2) is 5.93. The van der Waals surface area contributed by atoms with Gasteiger partial charge < -0.3 is 20.4 Å². The molecule has 1 fully saturated rings. The van der Waals surface area contributed by atoms with Crippen LogP contribution in [0.4, 0.5) is 0 Å². The second-order valence-corrected chi connectivity index (χ2v) is 5.19. The summed E-state index contributed by atoms with van der Waals surface area (Å²) in [4.78, 5) is 14.2. The molecule has 0 unspecified atom stereocenters. The van der Waals surface area contributed by atoms with Crippen LogP contribution in [0.1, 0.15) is 23.2 Å². The van der Waals surface area contributed by atoms with Crippen molar-refractivity contribution in [3.63, 3.8) is 0 Å². The van der Waals surface area contributed by atoms with Crippen LogP contribution in [-0.2, 0) is 0 Å². The lowest BCUT2D eigenvalue weighted by Gasteiger charge is -2.28. The van der Waals surface area contributed by atoms with Gasteiger partial charge in [0.25, 0.3) is 5.91 Å². The van der Waals surface area contributed by atoms with E-state index in [1.54, 1.807) is 0 Å². The van der Waals surface area contributed by atoms with E-state index in [1.807, 2.05) is 0 Å². The topological polar surface area (TPSA) is 72.8 Å². The zero-order valence-corrected chi connectivity index (χ0v) is 11.1. The molecule has 1 aromatic rings. The number of nitrogens with one attached hydrogen (secondary N) is 1. The van der Waals surface area contributed by atoms with Gasteiger partial charge in [-0.15, -0.1) is 0 Å². The second-order valence-electron chi connectivity index (χ2n) is 5.19. The lowest BCUT2D eigenvalue weighted by molar-refractivity contribution is 0.0938. The van der Waals surface area contributed by atoms with Crippen LogP contribution < -0.4 is 5.32 Å². The predicted molar refractivity (Wildman–Crippen MR) is 72.3 cm³/mol. The molecule has 5 heteroatoms. The molecule has 0 aromatic heterocycles. The lowest BCUT2D eigenvalue weighted by Crippen LogP contribution is -2.36. The zero-order valence-electron chi connectivity index (χ0n) is 11.1. The molecule has 0 atom stereocenters. The van der Waals surface area contributed by atoms with Crippen molar-refractivity contribution in [3.8, 4) is 11.5 Å². The molecule has 19 heavy (non-hydrogen) atoms. The molecule has 5 nitrogen and oxygen atoms in total. The number of piperidine rings is 1. The van der Waals surface area contributed by atoms with Crippen molar-refractivity contribution in [3.05, 3.63) is 23.8 Å². The van der Waals surface area contributed by atoms with Gasteiger partial charge in [0.1, 0.15) is 11.5 Å². The van der Waals surface area contributed by atoms with Crippen molar-refractivity contribution in [1.82, 2.24) is 10.2 Å². The van der Waals surface area contributed by atoms with Gasteiger partial charge in [0, 0.05) is 18.2 Å². The summed E-state index contributed by atoms with van der Waals surface area (Å²) >= 11 is 0. The van der Waals surface area contributed by atoms with Crippen LogP contribution in [0.15, 0.2) is 18.2 Å². The Kier molecular flexibility index (Phi) is 4.27. The summed E-state index contributed by atoms with van der Waals surface area (Å²) in [5.74, 6) is 0.0325. The highest BCUT2D eigenvalue weighted by Gasteiger charge is 2.17. The maximum absolute atomic E-state index is 11.9. The number of phenols is 2. The fourth-order valence-electron chi connectivity index (χ4n) is 2.33. The first-order chi connectivity index (χ1) is 9.04. The number of carbonyl (C=O) groups is 1. The van der Waals surface area contributed by atoms with Crippen LogP contribution in [0.5, 0.6) is 11.5 Å². The van der Waals surface area contributed by atoms with Crippen LogP contribution in [0.2, 0.25) is 0 Å². The molecule has 104 valence electrons. The van der Waals surface area contributed by atoms with Gasteiger partial charge in [0.05, 0.1) is 0 Å². The monoisotopic (exact) mass is 264 g/mol. The normalized spacial score (nSPS) is 17.3. The van der Waals surface area contributed by atoms with Crippen molar-refractivity contribution in [2.75, 3.05) is 26.7 Å². The summed E-state index contributed by atoms with van der Waals surface area (Å²) in [6.45, 7) is 2.77. The Hall–Kier alpha value is -1.75. The van der Waals surface area contributed by atoms with Gasteiger partial charge in [-0.1, -0.05) is 0 Å². The Labute approximate surface area is 112 Å². The molecule has 1 saturated heterocycles. The van der Waals surface area contributed by atoms with Crippen molar-refractivity contribution in [2.45, 2.75) is 12.8 Å². The van der Waals surface area contributed by atoms with Crippen LogP contribution in [-0.4, -0.2) is 47.7 Å². The van der Waals surface area contributed by atoms with Gasteiger partial charge in [-0.3, -0.25) is 4.79 Å². The van der Waals surface area contributed by atoms with Gasteiger partial charge in [0.15, 0.2) is 0 Å². The Morgan fingerprint density at radius 2 is 1.84 bits per heavy atom. The molecule has 1 aliphatic rings. The molecule has 1 aromatic carbocycles. The number of phenolic OH excluding ortho intramolecular Hbond substituents is 2. The van der Waals surface area contributed by atoms with E-state index < -0.39 is 0 Å². The molecule has 0 radical (unpaired) electrons. The minimum atomic E-state index is -0.259. The van der Waals surface area contributed by atoms with E-state index in [2.05, 4.69) is 17.3 Å². The highest BCUT2D eigenvalue weighted by atomic mass is 16.3. The van der Waals surface area contributed by atoms with E-state index in [-0.39, 0.29) is 23.0 Å². The number of benzene rings is 1. The fraction of sp³-hybridized carbons (Fsp3) is 0.500. The Bertz CT molecular complexity index is 434. The van der Waals surface area contributed by atoms with Crippen molar-refractivity contribution in [2.24, 2.45) is 5.92 Å². The summed E-state index contributed by atoms with van der Waals surface area (Å²) in [5.41, 5.74) is 0.283. The van der Waals surface area contributed by atoms with Crippen LogP contribution in [0.3, 0.4) is 0 Å². The summed E-state index contributed by atoms with van der Waals surface area (Å²) in [5, 5.41) is 21.5.